The maximum Gasteiger partial charge on any atom is 0.248 e. The Morgan fingerprint density at radius 2 is 1.91 bits per heavy atom. The zero-order valence-corrected chi connectivity index (χ0v) is 28.6. The molecule has 0 saturated carbocycles. The molecule has 1 amide bonds. The number of hydrogen-bond acceptors (Lipinski definition) is 8. The van der Waals surface area contributed by atoms with Crippen molar-refractivity contribution in [3.05, 3.63) is 78.4 Å². The summed E-state index contributed by atoms with van der Waals surface area (Å²) < 4.78 is 14.1. The number of amides is 1. The number of ether oxygens (including phenoxy) is 2. The van der Waals surface area contributed by atoms with E-state index in [1.165, 1.54) is 0 Å². The van der Waals surface area contributed by atoms with Crippen LogP contribution in [0.2, 0.25) is 0 Å². The molecule has 1 fully saturated rings. The van der Waals surface area contributed by atoms with Gasteiger partial charge in [0.25, 0.3) is 0 Å². The standard InChI is InChI=1S/C37H49N7O3/c1-26(2)39-28-14-18-44(19-15-28)17-9-12-37(45)41-32-22-27(34(46-6)24-35(32)47-21-20-42(3)4)23-36-38-16-13-31(40-36)30-25-43(5)33-11-8-7-10-29(30)33/h7-13,16,22,24-26,28,39H,14-15,17-21,23H2,1-6H3,(H,41,45)/b12-9+. The molecular formula is C37H49N7O3. The molecule has 0 bridgehead atoms. The molecule has 10 nitrogen and oxygen atoms in total. The van der Waals surface area contributed by atoms with E-state index in [-0.39, 0.29) is 5.91 Å². The summed E-state index contributed by atoms with van der Waals surface area (Å²) >= 11 is 0. The lowest BCUT2D eigenvalue weighted by Crippen LogP contribution is -2.44. The number of methoxy groups -OCH3 is 1. The highest BCUT2D eigenvalue weighted by Gasteiger charge is 2.19. The summed E-state index contributed by atoms with van der Waals surface area (Å²) in [5.41, 5.74) is 4.49. The van der Waals surface area contributed by atoms with Crippen molar-refractivity contribution in [3.63, 3.8) is 0 Å². The number of likely N-dealkylation sites (tertiary alicyclic amines) is 1. The SMILES string of the molecule is COc1cc(OCCN(C)C)c(NC(=O)/C=C/CN2CCC(NC(C)C)CC2)cc1Cc1nccc(-c2cn(C)c3ccccc23)n1. The number of nitrogens with one attached hydrogen (secondary N) is 2. The molecule has 0 unspecified atom stereocenters. The van der Waals surface area contributed by atoms with Crippen molar-refractivity contribution in [3.8, 4) is 22.8 Å². The van der Waals surface area contributed by atoms with Crippen LogP contribution in [-0.4, -0.2) is 96.3 Å². The van der Waals surface area contributed by atoms with E-state index in [2.05, 4.69) is 62.2 Å². The van der Waals surface area contributed by atoms with Gasteiger partial charge in [-0.15, -0.1) is 0 Å². The number of likely N-dealkylation sites (N-methyl/N-ethyl adjacent to an activating group) is 1. The van der Waals surface area contributed by atoms with E-state index in [9.17, 15) is 4.79 Å². The van der Waals surface area contributed by atoms with E-state index < -0.39 is 0 Å². The topological polar surface area (TPSA) is 96.8 Å². The Kier molecular flexibility index (Phi) is 11.6. The maximum atomic E-state index is 13.1. The first-order chi connectivity index (χ1) is 22.7. The van der Waals surface area contributed by atoms with Crippen LogP contribution in [0, 0.1) is 0 Å². The molecule has 1 aliphatic rings. The number of carbonyl (C=O) groups is 1. The molecule has 0 radical (unpaired) electrons. The summed E-state index contributed by atoms with van der Waals surface area (Å²) in [7, 11) is 7.67. The highest BCUT2D eigenvalue weighted by Crippen LogP contribution is 2.35. The first kappa shape index (κ1) is 34.1. The third kappa shape index (κ3) is 9.18. The fraction of sp³-hybridized carbons (Fsp3) is 0.432. The van der Waals surface area contributed by atoms with Gasteiger partial charge in [-0.3, -0.25) is 9.69 Å². The lowest BCUT2D eigenvalue weighted by atomic mass is 10.0. The molecule has 250 valence electrons. The van der Waals surface area contributed by atoms with E-state index in [1.807, 2.05) is 57.6 Å². The van der Waals surface area contributed by atoms with Gasteiger partial charge in [0.1, 0.15) is 23.9 Å². The van der Waals surface area contributed by atoms with Crippen molar-refractivity contribution in [2.75, 3.05) is 59.3 Å². The third-order valence-corrected chi connectivity index (χ3v) is 8.45. The van der Waals surface area contributed by atoms with Crippen LogP contribution < -0.4 is 20.1 Å². The zero-order valence-electron chi connectivity index (χ0n) is 28.6. The Morgan fingerprint density at radius 3 is 2.66 bits per heavy atom. The number of fused-ring (bicyclic) bond motifs is 1. The molecule has 1 aliphatic heterocycles. The predicted octanol–water partition coefficient (Wildman–Crippen LogP) is 5.13. The molecule has 47 heavy (non-hydrogen) atoms. The Morgan fingerprint density at radius 1 is 1.13 bits per heavy atom. The minimum absolute atomic E-state index is 0.205. The van der Waals surface area contributed by atoms with Crippen molar-refractivity contribution in [2.45, 2.75) is 45.2 Å². The molecule has 10 heteroatoms. The van der Waals surface area contributed by atoms with Crippen LogP contribution in [0.4, 0.5) is 5.69 Å². The van der Waals surface area contributed by atoms with Gasteiger partial charge in [0, 0.05) is 85.2 Å². The largest absolute Gasteiger partial charge is 0.496 e. The second kappa shape index (κ2) is 16.0. The molecule has 2 N–H and O–H groups in total. The first-order valence-electron chi connectivity index (χ1n) is 16.5. The summed E-state index contributed by atoms with van der Waals surface area (Å²) in [6, 6.07) is 15.1. The van der Waals surface area contributed by atoms with Gasteiger partial charge in [-0.05, 0) is 58.2 Å². The third-order valence-electron chi connectivity index (χ3n) is 8.45. The van der Waals surface area contributed by atoms with Gasteiger partial charge in [0.2, 0.25) is 5.91 Å². The number of nitrogens with zero attached hydrogens (tertiary/aromatic N) is 5. The molecule has 4 aromatic rings. The van der Waals surface area contributed by atoms with Crippen LogP contribution in [0.15, 0.2) is 67.0 Å². The Balaban J connectivity index is 1.33. The van der Waals surface area contributed by atoms with Crippen LogP contribution in [0.25, 0.3) is 22.2 Å². The van der Waals surface area contributed by atoms with Crippen molar-refractivity contribution in [1.29, 1.82) is 0 Å². The highest BCUT2D eigenvalue weighted by atomic mass is 16.5. The van der Waals surface area contributed by atoms with Crippen LogP contribution in [0.1, 0.15) is 38.1 Å². The molecule has 0 spiro atoms. The molecule has 2 aromatic heterocycles. The van der Waals surface area contributed by atoms with Gasteiger partial charge in [0.05, 0.1) is 18.5 Å². The smallest absolute Gasteiger partial charge is 0.248 e. The Bertz CT molecular complexity index is 1670. The molecule has 0 aliphatic carbocycles. The summed E-state index contributed by atoms with van der Waals surface area (Å²) in [5, 5.41) is 7.84. The number of hydrogen-bond donors (Lipinski definition) is 2. The van der Waals surface area contributed by atoms with Gasteiger partial charge in [0.15, 0.2) is 0 Å². The Labute approximate surface area is 278 Å². The minimum Gasteiger partial charge on any atom is -0.496 e. The maximum absolute atomic E-state index is 13.1. The molecule has 3 heterocycles. The molecule has 2 aromatic carbocycles. The van der Waals surface area contributed by atoms with Crippen LogP contribution >= 0.6 is 0 Å². The number of anilines is 1. The molecule has 1 saturated heterocycles. The number of piperidine rings is 1. The lowest BCUT2D eigenvalue weighted by Gasteiger charge is -2.32. The second-order valence-electron chi connectivity index (χ2n) is 12.8. The number of carbonyl (C=O) groups excluding carboxylic acids is 1. The van der Waals surface area contributed by atoms with Gasteiger partial charge >= 0.3 is 0 Å². The summed E-state index contributed by atoms with van der Waals surface area (Å²) in [6.45, 7) is 8.36. The van der Waals surface area contributed by atoms with Crippen LogP contribution in [0.5, 0.6) is 11.5 Å². The summed E-state index contributed by atoms with van der Waals surface area (Å²) in [5.74, 6) is 1.65. The van der Waals surface area contributed by atoms with Gasteiger partial charge in [-0.2, -0.15) is 0 Å². The number of aromatic nitrogens is 3. The van der Waals surface area contributed by atoms with Gasteiger partial charge in [-0.25, -0.2) is 9.97 Å². The highest BCUT2D eigenvalue weighted by molar-refractivity contribution is 6.00. The average molecular weight is 640 g/mol. The number of rotatable bonds is 14. The van der Waals surface area contributed by atoms with E-state index in [0.29, 0.717) is 48.1 Å². The number of para-hydroxylation sites is 1. The fourth-order valence-electron chi connectivity index (χ4n) is 6.08. The van der Waals surface area contributed by atoms with Gasteiger partial charge < -0.3 is 29.6 Å². The normalized spacial score (nSPS) is 14.5. The minimum atomic E-state index is -0.205. The van der Waals surface area contributed by atoms with E-state index >= 15 is 0 Å². The van der Waals surface area contributed by atoms with E-state index in [0.717, 1.165) is 66.7 Å². The Hall–Kier alpha value is -4.25. The molecule has 0 atom stereocenters. The van der Waals surface area contributed by atoms with Gasteiger partial charge in [-0.1, -0.05) is 38.1 Å². The second-order valence-corrected chi connectivity index (χ2v) is 12.8. The van der Waals surface area contributed by atoms with Crippen molar-refractivity contribution < 1.29 is 14.3 Å². The van der Waals surface area contributed by atoms with E-state index in [4.69, 9.17) is 14.5 Å². The predicted molar refractivity (Wildman–Crippen MR) is 189 cm³/mol. The van der Waals surface area contributed by atoms with Crippen LogP contribution in [0.3, 0.4) is 0 Å². The van der Waals surface area contributed by atoms with Crippen molar-refractivity contribution in [1.82, 2.24) is 29.7 Å². The number of benzene rings is 2. The summed E-state index contributed by atoms with van der Waals surface area (Å²) in [4.78, 5) is 27.1. The van der Waals surface area contributed by atoms with Crippen molar-refractivity contribution in [2.24, 2.45) is 7.05 Å². The van der Waals surface area contributed by atoms with Crippen LogP contribution in [-0.2, 0) is 18.3 Å². The first-order valence-corrected chi connectivity index (χ1v) is 16.5. The lowest BCUT2D eigenvalue weighted by molar-refractivity contribution is -0.111. The van der Waals surface area contributed by atoms with E-state index in [1.54, 1.807) is 19.4 Å². The fourth-order valence-corrected chi connectivity index (χ4v) is 6.08. The average Bonchev–Trinajstić information content (AvgIpc) is 3.39. The molecular weight excluding hydrogens is 590 g/mol. The monoisotopic (exact) mass is 639 g/mol. The summed E-state index contributed by atoms with van der Waals surface area (Å²) in [6.07, 6.45) is 10.1. The molecule has 5 rings (SSSR count). The quantitative estimate of drug-likeness (QED) is 0.183. The number of aryl methyl sites for hydroxylation is 1. The van der Waals surface area contributed by atoms with Crippen molar-refractivity contribution >= 4 is 22.5 Å². The zero-order chi connectivity index (χ0) is 33.3.